The number of hydrogen-bond acceptors (Lipinski definition) is 2. The third-order valence-corrected chi connectivity index (χ3v) is 3.30. The molecule has 0 aliphatic rings. The predicted molar refractivity (Wildman–Crippen MR) is 58.9 cm³/mol. The highest BCUT2D eigenvalue weighted by Gasteiger charge is 2.04. The third-order valence-electron chi connectivity index (χ3n) is 1.49. The van der Waals surface area contributed by atoms with E-state index in [0.717, 1.165) is 4.90 Å². The zero-order valence-corrected chi connectivity index (χ0v) is 9.46. The van der Waals surface area contributed by atoms with Crippen molar-refractivity contribution in [1.29, 1.82) is 0 Å². The van der Waals surface area contributed by atoms with Gasteiger partial charge in [0.05, 0.1) is 16.7 Å². The van der Waals surface area contributed by atoms with Crippen molar-refractivity contribution >= 4 is 35.0 Å². The first kappa shape index (κ1) is 11.2. The molecular weight excluding hydrogens is 227 g/mol. The number of rotatable bonds is 3. The lowest BCUT2D eigenvalue weighted by atomic mass is 10.4. The summed E-state index contributed by atoms with van der Waals surface area (Å²) in [7, 11) is 0. The molecule has 72 valence electrons. The summed E-state index contributed by atoms with van der Waals surface area (Å²) in [5.74, 6) is 0. The van der Waals surface area contributed by atoms with Gasteiger partial charge in [0.2, 0.25) is 0 Å². The molecule has 0 saturated heterocycles. The van der Waals surface area contributed by atoms with Crippen molar-refractivity contribution in [3.63, 3.8) is 0 Å². The van der Waals surface area contributed by atoms with Gasteiger partial charge in [-0.1, -0.05) is 30.1 Å². The van der Waals surface area contributed by atoms with Crippen LogP contribution in [0.3, 0.4) is 0 Å². The Morgan fingerprint density at radius 3 is 2.62 bits per heavy atom. The SMILES string of the molecule is CC(CO)Sc1ccc(Cl)c(Cl)c1. The summed E-state index contributed by atoms with van der Waals surface area (Å²) >= 11 is 13.2. The minimum absolute atomic E-state index is 0.158. The van der Waals surface area contributed by atoms with E-state index in [1.165, 1.54) is 0 Å². The fourth-order valence-corrected chi connectivity index (χ4v) is 2.05. The Kier molecular flexibility index (Phi) is 4.39. The predicted octanol–water partition coefficient (Wildman–Crippen LogP) is 3.47. The second-order valence-corrected chi connectivity index (χ2v) is 5.01. The zero-order chi connectivity index (χ0) is 9.84. The van der Waals surface area contributed by atoms with Crippen LogP contribution in [0.4, 0.5) is 0 Å². The molecule has 1 atom stereocenters. The summed E-state index contributed by atoms with van der Waals surface area (Å²) in [6, 6.07) is 5.46. The minimum Gasteiger partial charge on any atom is -0.395 e. The van der Waals surface area contributed by atoms with Crippen LogP contribution in [0.5, 0.6) is 0 Å². The Morgan fingerprint density at radius 1 is 1.38 bits per heavy atom. The molecule has 1 nitrogen and oxygen atoms in total. The molecule has 0 bridgehead atoms. The third kappa shape index (κ3) is 3.39. The Hall–Kier alpha value is 0.110. The molecule has 13 heavy (non-hydrogen) atoms. The van der Waals surface area contributed by atoms with Crippen LogP contribution in [0.15, 0.2) is 23.1 Å². The minimum atomic E-state index is 0.158. The molecule has 0 radical (unpaired) electrons. The van der Waals surface area contributed by atoms with Crippen LogP contribution in [0, 0.1) is 0 Å². The fraction of sp³-hybridized carbons (Fsp3) is 0.333. The van der Waals surface area contributed by atoms with Crippen molar-refractivity contribution in [2.45, 2.75) is 17.1 Å². The highest BCUT2D eigenvalue weighted by Crippen LogP contribution is 2.29. The van der Waals surface area contributed by atoms with E-state index in [1.54, 1.807) is 23.9 Å². The zero-order valence-electron chi connectivity index (χ0n) is 7.13. The normalized spacial score (nSPS) is 12.9. The Balaban J connectivity index is 2.73. The van der Waals surface area contributed by atoms with E-state index in [-0.39, 0.29) is 11.9 Å². The van der Waals surface area contributed by atoms with Crippen LogP contribution in [-0.4, -0.2) is 17.0 Å². The van der Waals surface area contributed by atoms with Gasteiger partial charge in [-0.15, -0.1) is 11.8 Å². The Bertz CT molecular complexity index is 291. The Labute approximate surface area is 92.1 Å². The lowest BCUT2D eigenvalue weighted by Crippen LogP contribution is -2.01. The van der Waals surface area contributed by atoms with Gasteiger partial charge < -0.3 is 5.11 Å². The number of thioether (sulfide) groups is 1. The van der Waals surface area contributed by atoms with Gasteiger partial charge in [0.1, 0.15) is 0 Å². The van der Waals surface area contributed by atoms with Gasteiger partial charge >= 0.3 is 0 Å². The smallest absolute Gasteiger partial charge is 0.0603 e. The molecule has 4 heteroatoms. The highest BCUT2D eigenvalue weighted by atomic mass is 35.5. The van der Waals surface area contributed by atoms with Gasteiger partial charge in [-0.3, -0.25) is 0 Å². The van der Waals surface area contributed by atoms with Gasteiger partial charge in [0.15, 0.2) is 0 Å². The fourth-order valence-electron chi connectivity index (χ4n) is 0.820. The van der Waals surface area contributed by atoms with Crippen molar-refractivity contribution in [2.24, 2.45) is 0 Å². The summed E-state index contributed by atoms with van der Waals surface area (Å²) in [5.41, 5.74) is 0. The summed E-state index contributed by atoms with van der Waals surface area (Å²) in [6.45, 7) is 2.11. The first-order valence-corrected chi connectivity index (χ1v) is 5.49. The average molecular weight is 237 g/mol. The number of aliphatic hydroxyl groups is 1. The second-order valence-electron chi connectivity index (χ2n) is 2.69. The van der Waals surface area contributed by atoms with Crippen molar-refractivity contribution in [2.75, 3.05) is 6.61 Å². The lowest BCUT2D eigenvalue weighted by Gasteiger charge is -2.07. The standard InChI is InChI=1S/C9H10Cl2OS/c1-6(5-12)13-7-2-3-8(10)9(11)4-7/h2-4,6,12H,5H2,1H3. The molecule has 0 spiro atoms. The van der Waals surface area contributed by atoms with Crippen LogP contribution < -0.4 is 0 Å². The van der Waals surface area contributed by atoms with Crippen LogP contribution in [0.25, 0.3) is 0 Å². The number of benzene rings is 1. The van der Waals surface area contributed by atoms with Crippen molar-refractivity contribution in [1.82, 2.24) is 0 Å². The number of halogens is 2. The summed E-state index contributed by atoms with van der Waals surface area (Å²) < 4.78 is 0. The van der Waals surface area contributed by atoms with E-state index in [4.69, 9.17) is 28.3 Å². The van der Waals surface area contributed by atoms with Gasteiger partial charge in [-0.05, 0) is 18.2 Å². The van der Waals surface area contributed by atoms with Crippen LogP contribution >= 0.6 is 35.0 Å². The lowest BCUT2D eigenvalue weighted by molar-refractivity contribution is 0.300. The maximum Gasteiger partial charge on any atom is 0.0603 e. The Morgan fingerprint density at radius 2 is 2.08 bits per heavy atom. The average Bonchev–Trinajstić information content (AvgIpc) is 2.11. The summed E-state index contributed by atoms with van der Waals surface area (Å²) in [4.78, 5) is 1.02. The molecule has 1 aromatic rings. The second kappa shape index (κ2) is 5.11. The van der Waals surface area contributed by atoms with E-state index in [2.05, 4.69) is 0 Å². The van der Waals surface area contributed by atoms with Crippen LogP contribution in [-0.2, 0) is 0 Å². The van der Waals surface area contributed by atoms with Gasteiger partial charge in [-0.25, -0.2) is 0 Å². The van der Waals surface area contributed by atoms with Gasteiger partial charge in [0.25, 0.3) is 0 Å². The van der Waals surface area contributed by atoms with Crippen LogP contribution in [0.1, 0.15) is 6.92 Å². The monoisotopic (exact) mass is 236 g/mol. The van der Waals surface area contributed by atoms with E-state index < -0.39 is 0 Å². The largest absolute Gasteiger partial charge is 0.395 e. The topological polar surface area (TPSA) is 20.2 Å². The van der Waals surface area contributed by atoms with E-state index >= 15 is 0 Å². The number of aliphatic hydroxyl groups excluding tert-OH is 1. The van der Waals surface area contributed by atoms with Crippen molar-refractivity contribution in [3.05, 3.63) is 28.2 Å². The molecule has 0 amide bonds. The maximum atomic E-state index is 8.84. The molecule has 0 heterocycles. The molecular formula is C9H10Cl2OS. The van der Waals surface area contributed by atoms with Crippen LogP contribution in [0.2, 0.25) is 10.0 Å². The molecule has 1 rings (SSSR count). The summed E-state index contributed by atoms with van der Waals surface area (Å²) in [5, 5.41) is 10.1. The van der Waals surface area contributed by atoms with Crippen molar-refractivity contribution in [3.8, 4) is 0 Å². The van der Waals surface area contributed by atoms with Gasteiger partial charge in [0, 0.05) is 10.1 Å². The highest BCUT2D eigenvalue weighted by molar-refractivity contribution is 8.00. The first-order valence-electron chi connectivity index (χ1n) is 3.86. The molecule has 1 N–H and O–H groups in total. The molecule has 0 saturated carbocycles. The molecule has 0 aromatic heterocycles. The van der Waals surface area contributed by atoms with E-state index in [0.29, 0.717) is 10.0 Å². The van der Waals surface area contributed by atoms with E-state index in [9.17, 15) is 0 Å². The van der Waals surface area contributed by atoms with Gasteiger partial charge in [-0.2, -0.15) is 0 Å². The molecule has 0 aliphatic heterocycles. The molecule has 1 unspecified atom stereocenters. The maximum absolute atomic E-state index is 8.84. The molecule has 0 aliphatic carbocycles. The van der Waals surface area contributed by atoms with E-state index in [1.807, 2.05) is 13.0 Å². The first-order chi connectivity index (χ1) is 6.13. The van der Waals surface area contributed by atoms with Crippen molar-refractivity contribution < 1.29 is 5.11 Å². The molecule has 1 aromatic carbocycles. The number of hydrogen-bond donors (Lipinski definition) is 1. The molecule has 0 fully saturated rings. The quantitative estimate of drug-likeness (QED) is 0.812. The summed E-state index contributed by atoms with van der Waals surface area (Å²) in [6.07, 6.45) is 0.